The van der Waals surface area contributed by atoms with Gasteiger partial charge in [0.15, 0.2) is 0 Å². The van der Waals surface area contributed by atoms with E-state index in [4.69, 9.17) is 5.11 Å². The largest absolute Gasteiger partial charge is 0.396 e. The number of nitrogens with one attached hydrogen (secondary N) is 1. The standard InChI is InChI=1S/C12H19NO3S/c1-9-5-4-6-12(7-9)17(15,16)13-11(3)10(2)8-14/h4-7,10-11,13-14H,8H2,1-3H3. The average Bonchev–Trinajstić information content (AvgIpc) is 2.27. The molecule has 0 amide bonds. The third-order valence-electron chi connectivity index (χ3n) is 2.78. The third kappa shape index (κ3) is 3.80. The van der Waals surface area contributed by atoms with E-state index in [0.29, 0.717) is 0 Å². The molecule has 96 valence electrons. The fourth-order valence-corrected chi connectivity index (χ4v) is 2.83. The quantitative estimate of drug-likeness (QED) is 0.835. The molecule has 0 radical (unpaired) electrons. The Labute approximate surface area is 103 Å². The Morgan fingerprint density at radius 1 is 1.35 bits per heavy atom. The van der Waals surface area contributed by atoms with Crippen molar-refractivity contribution in [1.29, 1.82) is 0 Å². The summed E-state index contributed by atoms with van der Waals surface area (Å²) >= 11 is 0. The van der Waals surface area contributed by atoms with Gasteiger partial charge < -0.3 is 5.11 Å². The van der Waals surface area contributed by atoms with Gasteiger partial charge in [-0.2, -0.15) is 0 Å². The summed E-state index contributed by atoms with van der Waals surface area (Å²) in [5.74, 6) is -0.116. The van der Waals surface area contributed by atoms with Gasteiger partial charge in [0.25, 0.3) is 0 Å². The molecule has 1 rings (SSSR count). The van der Waals surface area contributed by atoms with Crippen molar-refractivity contribution < 1.29 is 13.5 Å². The van der Waals surface area contributed by atoms with Crippen LogP contribution in [0.25, 0.3) is 0 Å². The van der Waals surface area contributed by atoms with E-state index in [9.17, 15) is 8.42 Å². The Balaban J connectivity index is 2.89. The number of benzene rings is 1. The van der Waals surface area contributed by atoms with E-state index in [1.165, 1.54) is 0 Å². The molecule has 0 spiro atoms. The van der Waals surface area contributed by atoms with Crippen molar-refractivity contribution in [1.82, 2.24) is 4.72 Å². The molecule has 4 nitrogen and oxygen atoms in total. The lowest BCUT2D eigenvalue weighted by atomic mass is 10.1. The zero-order chi connectivity index (χ0) is 13.1. The fraction of sp³-hybridized carbons (Fsp3) is 0.500. The fourth-order valence-electron chi connectivity index (χ4n) is 1.37. The first-order chi connectivity index (χ1) is 7.86. The van der Waals surface area contributed by atoms with Gasteiger partial charge in [0.2, 0.25) is 10.0 Å². The molecule has 2 atom stereocenters. The summed E-state index contributed by atoms with van der Waals surface area (Å²) < 4.78 is 26.6. The smallest absolute Gasteiger partial charge is 0.240 e. The monoisotopic (exact) mass is 257 g/mol. The molecular formula is C12H19NO3S. The Kier molecular flexibility index (Phi) is 4.68. The summed E-state index contributed by atoms with van der Waals surface area (Å²) in [4.78, 5) is 0.259. The molecule has 0 fully saturated rings. The van der Waals surface area contributed by atoms with Crippen molar-refractivity contribution in [2.24, 2.45) is 5.92 Å². The van der Waals surface area contributed by atoms with Gasteiger partial charge in [-0.05, 0) is 37.5 Å². The molecule has 1 aromatic carbocycles. The van der Waals surface area contributed by atoms with E-state index >= 15 is 0 Å². The Morgan fingerprint density at radius 2 is 2.00 bits per heavy atom. The zero-order valence-corrected chi connectivity index (χ0v) is 11.2. The SMILES string of the molecule is Cc1cccc(S(=O)(=O)NC(C)C(C)CO)c1. The van der Waals surface area contributed by atoms with Crippen LogP contribution < -0.4 is 4.72 Å². The molecule has 0 aromatic heterocycles. The van der Waals surface area contributed by atoms with Gasteiger partial charge in [0.1, 0.15) is 0 Å². The van der Waals surface area contributed by atoms with Gasteiger partial charge in [-0.1, -0.05) is 19.1 Å². The van der Waals surface area contributed by atoms with Crippen LogP contribution in [0.3, 0.4) is 0 Å². The maximum Gasteiger partial charge on any atom is 0.240 e. The summed E-state index contributed by atoms with van der Waals surface area (Å²) in [7, 11) is -3.50. The maximum absolute atomic E-state index is 12.0. The van der Waals surface area contributed by atoms with Crippen molar-refractivity contribution in [3.63, 3.8) is 0 Å². The predicted molar refractivity (Wildman–Crippen MR) is 67.2 cm³/mol. The maximum atomic E-state index is 12.0. The molecule has 0 bridgehead atoms. The first kappa shape index (κ1) is 14.2. The summed E-state index contributed by atoms with van der Waals surface area (Å²) in [6.45, 7) is 5.34. The van der Waals surface area contributed by atoms with Gasteiger partial charge in [-0.15, -0.1) is 0 Å². The molecular weight excluding hydrogens is 238 g/mol. The van der Waals surface area contributed by atoms with Crippen molar-refractivity contribution >= 4 is 10.0 Å². The second-order valence-corrected chi connectivity index (χ2v) is 6.10. The van der Waals surface area contributed by atoms with Crippen molar-refractivity contribution in [3.05, 3.63) is 29.8 Å². The molecule has 0 aliphatic heterocycles. The normalized spacial score (nSPS) is 15.5. The summed E-state index contributed by atoms with van der Waals surface area (Å²) in [6.07, 6.45) is 0. The highest BCUT2D eigenvalue weighted by Crippen LogP contribution is 2.13. The number of sulfonamides is 1. The summed E-state index contributed by atoms with van der Waals surface area (Å²) in [6, 6.07) is 6.44. The molecule has 0 aliphatic carbocycles. The van der Waals surface area contributed by atoms with E-state index < -0.39 is 10.0 Å². The lowest BCUT2D eigenvalue weighted by molar-refractivity contribution is 0.216. The van der Waals surface area contributed by atoms with Crippen LogP contribution >= 0.6 is 0 Å². The third-order valence-corrected chi connectivity index (χ3v) is 4.34. The minimum absolute atomic E-state index is 0.0441. The minimum Gasteiger partial charge on any atom is -0.396 e. The van der Waals surface area contributed by atoms with Crippen molar-refractivity contribution in [2.45, 2.75) is 31.7 Å². The van der Waals surface area contributed by atoms with Crippen molar-refractivity contribution in [3.8, 4) is 0 Å². The second kappa shape index (κ2) is 5.62. The van der Waals surface area contributed by atoms with Gasteiger partial charge in [0, 0.05) is 12.6 Å². The Bertz CT molecular complexity index is 470. The number of aliphatic hydroxyl groups excluding tert-OH is 1. The Morgan fingerprint density at radius 3 is 2.53 bits per heavy atom. The number of hydrogen-bond acceptors (Lipinski definition) is 3. The van der Waals surface area contributed by atoms with Gasteiger partial charge in [-0.3, -0.25) is 0 Å². The highest BCUT2D eigenvalue weighted by molar-refractivity contribution is 7.89. The van der Waals surface area contributed by atoms with Crippen LogP contribution in [0.1, 0.15) is 19.4 Å². The molecule has 0 aliphatic rings. The first-order valence-electron chi connectivity index (χ1n) is 5.56. The van der Waals surface area contributed by atoms with E-state index in [2.05, 4.69) is 4.72 Å². The lowest BCUT2D eigenvalue weighted by Crippen LogP contribution is -2.38. The second-order valence-electron chi connectivity index (χ2n) is 4.39. The average molecular weight is 257 g/mol. The highest BCUT2D eigenvalue weighted by atomic mass is 32.2. The molecule has 5 heteroatoms. The molecule has 17 heavy (non-hydrogen) atoms. The van der Waals surface area contributed by atoms with Gasteiger partial charge in [-0.25, -0.2) is 13.1 Å². The number of rotatable bonds is 5. The van der Waals surface area contributed by atoms with Crippen molar-refractivity contribution in [2.75, 3.05) is 6.61 Å². The highest BCUT2D eigenvalue weighted by Gasteiger charge is 2.20. The summed E-state index contributed by atoms with van der Waals surface area (Å²) in [5, 5.41) is 8.98. The topological polar surface area (TPSA) is 66.4 Å². The molecule has 1 aromatic rings. The van der Waals surface area contributed by atoms with Gasteiger partial charge in [0.05, 0.1) is 4.90 Å². The molecule has 0 saturated carbocycles. The molecule has 2 N–H and O–H groups in total. The van der Waals surface area contributed by atoms with E-state index in [1.54, 1.807) is 32.0 Å². The van der Waals surface area contributed by atoms with Gasteiger partial charge >= 0.3 is 0 Å². The van der Waals surface area contributed by atoms with Crippen LogP contribution in [0.5, 0.6) is 0 Å². The van der Waals surface area contributed by atoms with Crippen LogP contribution in [-0.2, 0) is 10.0 Å². The van der Waals surface area contributed by atoms with E-state index in [-0.39, 0.29) is 23.5 Å². The first-order valence-corrected chi connectivity index (χ1v) is 7.05. The predicted octanol–water partition coefficient (Wildman–Crippen LogP) is 1.29. The summed E-state index contributed by atoms with van der Waals surface area (Å²) in [5.41, 5.74) is 0.899. The van der Waals surface area contributed by atoms with Crippen LogP contribution in [-0.4, -0.2) is 26.2 Å². The van der Waals surface area contributed by atoms with Crippen LogP contribution in [0.2, 0.25) is 0 Å². The van der Waals surface area contributed by atoms with E-state index in [0.717, 1.165) is 5.56 Å². The number of hydrogen-bond donors (Lipinski definition) is 2. The number of aryl methyl sites for hydroxylation is 1. The number of aliphatic hydroxyl groups is 1. The molecule has 0 saturated heterocycles. The lowest BCUT2D eigenvalue weighted by Gasteiger charge is -2.19. The Hall–Kier alpha value is -0.910. The zero-order valence-electron chi connectivity index (χ0n) is 10.3. The minimum atomic E-state index is -3.50. The molecule has 0 heterocycles. The van der Waals surface area contributed by atoms with Crippen LogP contribution in [0, 0.1) is 12.8 Å². The van der Waals surface area contributed by atoms with Crippen LogP contribution in [0.4, 0.5) is 0 Å². The van der Waals surface area contributed by atoms with Crippen LogP contribution in [0.15, 0.2) is 29.2 Å². The molecule has 2 unspecified atom stereocenters. The van der Waals surface area contributed by atoms with E-state index in [1.807, 2.05) is 13.0 Å².